The molecule has 1 unspecified atom stereocenters. The van der Waals surface area contributed by atoms with Crippen molar-refractivity contribution in [2.75, 3.05) is 13.6 Å². The first kappa shape index (κ1) is 22.5. The van der Waals surface area contributed by atoms with Crippen molar-refractivity contribution in [2.24, 2.45) is 5.92 Å². The molecule has 2 aliphatic carbocycles. The third kappa shape index (κ3) is 5.94. The maximum atomic E-state index is 14.0. The van der Waals surface area contributed by atoms with E-state index in [0.717, 1.165) is 55.5 Å². The van der Waals surface area contributed by atoms with Gasteiger partial charge in [0.2, 0.25) is 0 Å². The van der Waals surface area contributed by atoms with Gasteiger partial charge in [0.05, 0.1) is 12.1 Å². The van der Waals surface area contributed by atoms with Gasteiger partial charge in [0, 0.05) is 30.4 Å². The summed E-state index contributed by atoms with van der Waals surface area (Å²) in [5.74, 6) is 0.195. The van der Waals surface area contributed by atoms with E-state index in [1.807, 2.05) is 27.0 Å². The third-order valence-electron chi connectivity index (χ3n) is 6.28. The van der Waals surface area contributed by atoms with Crippen molar-refractivity contribution >= 4 is 11.6 Å². The van der Waals surface area contributed by atoms with E-state index in [1.54, 1.807) is 18.2 Å². The van der Waals surface area contributed by atoms with E-state index in [9.17, 15) is 14.3 Å². The van der Waals surface area contributed by atoms with Crippen LogP contribution in [0.3, 0.4) is 0 Å². The normalized spacial score (nSPS) is 23.1. The number of carbonyl (C=O) groups excluding carboxylic acids is 1. The van der Waals surface area contributed by atoms with Gasteiger partial charge >= 0.3 is 0 Å². The zero-order valence-electron chi connectivity index (χ0n) is 18.5. The van der Waals surface area contributed by atoms with Gasteiger partial charge in [-0.05, 0) is 69.2 Å². The second-order valence-corrected chi connectivity index (χ2v) is 8.84. The van der Waals surface area contributed by atoms with E-state index < -0.39 is 6.10 Å². The molecule has 0 bridgehead atoms. The van der Waals surface area contributed by atoms with Crippen molar-refractivity contribution in [3.63, 3.8) is 0 Å². The molecule has 5 heteroatoms. The fourth-order valence-corrected chi connectivity index (χ4v) is 4.19. The van der Waals surface area contributed by atoms with Crippen LogP contribution < -0.4 is 5.32 Å². The highest BCUT2D eigenvalue weighted by molar-refractivity contribution is 5.98. The Balaban J connectivity index is 1.86. The molecule has 164 valence electrons. The summed E-state index contributed by atoms with van der Waals surface area (Å²) in [6, 6.07) is 4.58. The van der Waals surface area contributed by atoms with Gasteiger partial charge in [-0.15, -0.1) is 0 Å². The first-order valence-electron chi connectivity index (χ1n) is 11.2. The Morgan fingerprint density at radius 3 is 2.67 bits per heavy atom. The minimum absolute atomic E-state index is 0.185. The molecule has 0 spiro atoms. The van der Waals surface area contributed by atoms with E-state index in [1.165, 1.54) is 18.9 Å². The summed E-state index contributed by atoms with van der Waals surface area (Å²) in [4.78, 5) is 15.2. The molecule has 1 aromatic rings. The second kappa shape index (κ2) is 10.3. The minimum atomic E-state index is -0.499. The van der Waals surface area contributed by atoms with Crippen molar-refractivity contribution in [3.05, 3.63) is 52.9 Å². The maximum Gasteiger partial charge on any atom is 0.251 e. The number of aryl methyl sites for hydroxylation is 1. The summed E-state index contributed by atoms with van der Waals surface area (Å²) in [5.41, 5.74) is 3.16. The summed E-state index contributed by atoms with van der Waals surface area (Å²) < 4.78 is 14.0. The van der Waals surface area contributed by atoms with Gasteiger partial charge in [-0.3, -0.25) is 4.79 Å². The number of halogens is 1. The van der Waals surface area contributed by atoms with Gasteiger partial charge in [0.1, 0.15) is 5.82 Å². The van der Waals surface area contributed by atoms with E-state index >= 15 is 0 Å². The van der Waals surface area contributed by atoms with Crippen LogP contribution in [0.5, 0.6) is 0 Å². The number of benzene rings is 1. The number of nitrogens with one attached hydrogen (secondary N) is 1. The molecular formula is C25H35FN2O2. The van der Waals surface area contributed by atoms with Crippen LogP contribution in [0, 0.1) is 18.7 Å². The number of aliphatic hydroxyl groups is 1. The van der Waals surface area contributed by atoms with Crippen molar-refractivity contribution in [1.82, 2.24) is 10.2 Å². The van der Waals surface area contributed by atoms with E-state index in [0.29, 0.717) is 11.5 Å². The Morgan fingerprint density at radius 1 is 1.23 bits per heavy atom. The van der Waals surface area contributed by atoms with Gasteiger partial charge < -0.3 is 15.3 Å². The predicted octanol–water partition coefficient (Wildman–Crippen LogP) is 4.57. The predicted molar refractivity (Wildman–Crippen MR) is 119 cm³/mol. The maximum absolute atomic E-state index is 14.0. The Bertz CT molecular complexity index is 813. The Morgan fingerprint density at radius 2 is 1.97 bits per heavy atom. The average molecular weight is 415 g/mol. The lowest BCUT2D eigenvalue weighted by Crippen LogP contribution is -2.43. The number of aliphatic hydroxyl groups excluding tert-OH is 1. The second-order valence-electron chi connectivity index (χ2n) is 8.84. The standard InChI is InChI=1S/C25H35FN2O2/c1-4-19(25(30)27-22-8-6-5-7-9-24(22)29)14-23(28(3)16-18-11-12-18)21-15-20(26)13-10-17(21)2/h4,10,13-15,18,22,24,29H,5-9,11-12,16H2,1-3H3,(H,27,30)/b19-4-,23-14-/t22-,24?/m0/s1. The molecule has 1 amide bonds. The zero-order valence-corrected chi connectivity index (χ0v) is 18.5. The van der Waals surface area contributed by atoms with Crippen molar-refractivity contribution in [2.45, 2.75) is 70.9 Å². The van der Waals surface area contributed by atoms with Crippen LogP contribution in [-0.4, -0.2) is 41.7 Å². The molecule has 0 aromatic heterocycles. The molecule has 1 aromatic carbocycles. The van der Waals surface area contributed by atoms with Gasteiger partial charge in [-0.1, -0.05) is 31.4 Å². The zero-order chi connectivity index (χ0) is 21.7. The lowest BCUT2D eigenvalue weighted by Gasteiger charge is -2.26. The number of hydrogen-bond donors (Lipinski definition) is 2. The average Bonchev–Trinajstić information content (AvgIpc) is 3.54. The minimum Gasteiger partial charge on any atom is -0.391 e. The number of allylic oxidation sites excluding steroid dienone is 1. The Kier molecular flexibility index (Phi) is 7.70. The molecule has 0 saturated heterocycles. The van der Waals surface area contributed by atoms with Crippen molar-refractivity contribution in [1.29, 1.82) is 0 Å². The van der Waals surface area contributed by atoms with Crippen LogP contribution in [0.2, 0.25) is 0 Å². The Hall–Kier alpha value is -2.14. The molecule has 2 saturated carbocycles. The summed E-state index contributed by atoms with van der Waals surface area (Å²) >= 11 is 0. The van der Waals surface area contributed by atoms with E-state index in [2.05, 4.69) is 10.2 Å². The highest BCUT2D eigenvalue weighted by atomic mass is 19.1. The van der Waals surface area contributed by atoms with Gasteiger partial charge in [-0.25, -0.2) is 4.39 Å². The lowest BCUT2D eigenvalue weighted by atomic mass is 10.0. The van der Waals surface area contributed by atoms with Crippen LogP contribution in [0.4, 0.5) is 4.39 Å². The molecule has 2 fully saturated rings. The molecule has 4 nitrogen and oxygen atoms in total. The van der Waals surface area contributed by atoms with E-state index in [4.69, 9.17) is 0 Å². The fraction of sp³-hybridized carbons (Fsp3) is 0.560. The largest absolute Gasteiger partial charge is 0.391 e. The van der Waals surface area contributed by atoms with Gasteiger partial charge in [0.15, 0.2) is 0 Å². The molecular weight excluding hydrogens is 379 g/mol. The third-order valence-corrected chi connectivity index (χ3v) is 6.28. The topological polar surface area (TPSA) is 52.6 Å². The quantitative estimate of drug-likeness (QED) is 0.390. The highest BCUT2D eigenvalue weighted by Gasteiger charge is 2.26. The fourth-order valence-electron chi connectivity index (χ4n) is 4.19. The van der Waals surface area contributed by atoms with Crippen LogP contribution in [0.15, 0.2) is 35.9 Å². The first-order valence-corrected chi connectivity index (χ1v) is 11.2. The monoisotopic (exact) mass is 414 g/mol. The highest BCUT2D eigenvalue weighted by Crippen LogP contribution is 2.33. The first-order chi connectivity index (χ1) is 14.4. The lowest BCUT2D eigenvalue weighted by molar-refractivity contribution is -0.118. The number of amides is 1. The molecule has 0 heterocycles. The number of hydrogen-bond acceptors (Lipinski definition) is 3. The summed E-state index contributed by atoms with van der Waals surface area (Å²) in [7, 11) is 2.01. The summed E-state index contributed by atoms with van der Waals surface area (Å²) in [6.45, 7) is 4.69. The van der Waals surface area contributed by atoms with Crippen LogP contribution in [0.25, 0.3) is 5.70 Å². The smallest absolute Gasteiger partial charge is 0.251 e. The number of carbonyl (C=O) groups is 1. The van der Waals surface area contributed by atoms with Gasteiger partial charge in [-0.2, -0.15) is 0 Å². The molecule has 0 aliphatic heterocycles. The van der Waals surface area contributed by atoms with Crippen LogP contribution in [0.1, 0.15) is 63.0 Å². The molecule has 2 aliphatic rings. The van der Waals surface area contributed by atoms with E-state index in [-0.39, 0.29) is 17.8 Å². The molecule has 0 radical (unpaired) electrons. The summed E-state index contributed by atoms with van der Waals surface area (Å²) in [5, 5.41) is 13.4. The van der Waals surface area contributed by atoms with Crippen molar-refractivity contribution in [3.8, 4) is 0 Å². The molecule has 30 heavy (non-hydrogen) atoms. The van der Waals surface area contributed by atoms with Gasteiger partial charge in [0.25, 0.3) is 5.91 Å². The van der Waals surface area contributed by atoms with Crippen LogP contribution >= 0.6 is 0 Å². The number of nitrogens with zero attached hydrogens (tertiary/aromatic N) is 1. The van der Waals surface area contributed by atoms with Crippen LogP contribution in [-0.2, 0) is 4.79 Å². The molecule has 2 N–H and O–H groups in total. The Labute approximate surface area is 179 Å². The summed E-state index contributed by atoms with van der Waals surface area (Å²) in [6.07, 6.45) is 10.2. The van der Waals surface area contributed by atoms with Crippen molar-refractivity contribution < 1.29 is 14.3 Å². The molecule has 3 rings (SSSR count). The molecule has 2 atom stereocenters. The SMILES string of the molecule is C/C=C(/C=C(/c1cc(F)ccc1C)N(C)CC1CC1)C(=O)N[C@H]1CCCCCC1O. The number of rotatable bonds is 7.